The molecular formula is C25H23F5O. The summed E-state index contributed by atoms with van der Waals surface area (Å²) in [4.78, 5) is 0. The molecule has 0 saturated heterocycles. The first-order valence-corrected chi connectivity index (χ1v) is 10.5. The van der Waals surface area contributed by atoms with Crippen LogP contribution in [-0.4, -0.2) is 6.61 Å². The summed E-state index contributed by atoms with van der Waals surface area (Å²) in [7, 11) is 0. The van der Waals surface area contributed by atoms with Gasteiger partial charge in [-0.2, -0.15) is 8.78 Å². The van der Waals surface area contributed by atoms with Gasteiger partial charge >= 0.3 is 6.61 Å². The van der Waals surface area contributed by atoms with Crippen LogP contribution in [0.5, 0.6) is 5.75 Å². The van der Waals surface area contributed by atoms with E-state index < -0.39 is 29.8 Å². The maximum Gasteiger partial charge on any atom is 0.387 e. The third-order valence-corrected chi connectivity index (χ3v) is 6.39. The quantitative estimate of drug-likeness (QED) is 0.368. The van der Waals surface area contributed by atoms with Crippen molar-refractivity contribution in [3.8, 4) is 16.9 Å². The Labute approximate surface area is 177 Å². The van der Waals surface area contributed by atoms with E-state index in [4.69, 9.17) is 0 Å². The van der Waals surface area contributed by atoms with E-state index >= 15 is 4.39 Å². The summed E-state index contributed by atoms with van der Waals surface area (Å²) < 4.78 is 71.9. The number of halogens is 5. The summed E-state index contributed by atoms with van der Waals surface area (Å²) in [6.45, 7) is -1.14. The molecule has 0 spiro atoms. The second kappa shape index (κ2) is 8.85. The summed E-state index contributed by atoms with van der Waals surface area (Å²) >= 11 is 0. The van der Waals surface area contributed by atoms with Crippen LogP contribution in [0.25, 0.3) is 21.9 Å². The largest absolute Gasteiger partial charge is 0.429 e. The van der Waals surface area contributed by atoms with Crippen molar-refractivity contribution in [2.75, 3.05) is 0 Å². The minimum absolute atomic E-state index is 0.00917. The van der Waals surface area contributed by atoms with Crippen molar-refractivity contribution in [2.45, 2.75) is 51.6 Å². The van der Waals surface area contributed by atoms with E-state index in [0.29, 0.717) is 11.3 Å². The lowest BCUT2D eigenvalue weighted by atomic mass is 9.77. The van der Waals surface area contributed by atoms with Crippen molar-refractivity contribution in [2.24, 2.45) is 5.92 Å². The second-order valence-electron chi connectivity index (χ2n) is 8.18. The molecule has 3 aromatic carbocycles. The van der Waals surface area contributed by atoms with Crippen LogP contribution < -0.4 is 4.74 Å². The number of ether oxygens (including phenoxy) is 1. The highest BCUT2D eigenvalue weighted by atomic mass is 19.3. The molecule has 0 bridgehead atoms. The Morgan fingerprint density at radius 2 is 1.58 bits per heavy atom. The lowest BCUT2D eigenvalue weighted by Crippen LogP contribution is -2.12. The third kappa shape index (κ3) is 4.39. The highest BCUT2D eigenvalue weighted by Crippen LogP contribution is 2.39. The lowest BCUT2D eigenvalue weighted by Gasteiger charge is -2.28. The Morgan fingerprint density at radius 3 is 2.19 bits per heavy atom. The number of hydrogen-bond donors (Lipinski definition) is 0. The maximum absolute atomic E-state index is 15.2. The van der Waals surface area contributed by atoms with Crippen LogP contribution in [-0.2, 0) is 0 Å². The molecule has 31 heavy (non-hydrogen) atoms. The zero-order chi connectivity index (χ0) is 22.1. The summed E-state index contributed by atoms with van der Waals surface area (Å²) in [5.41, 5.74) is 1.09. The topological polar surface area (TPSA) is 9.23 Å². The molecule has 0 amide bonds. The Morgan fingerprint density at radius 1 is 0.903 bits per heavy atom. The van der Waals surface area contributed by atoms with Crippen molar-refractivity contribution in [1.82, 2.24) is 0 Å². The molecule has 0 N–H and O–H groups in total. The van der Waals surface area contributed by atoms with E-state index in [1.165, 1.54) is 30.9 Å². The highest BCUT2D eigenvalue weighted by Gasteiger charge is 2.22. The van der Waals surface area contributed by atoms with E-state index in [0.717, 1.165) is 36.3 Å². The van der Waals surface area contributed by atoms with Crippen LogP contribution in [0.3, 0.4) is 0 Å². The average molecular weight is 434 g/mol. The van der Waals surface area contributed by atoms with Crippen molar-refractivity contribution >= 4 is 10.8 Å². The van der Waals surface area contributed by atoms with Gasteiger partial charge in [0.15, 0.2) is 17.4 Å². The summed E-state index contributed by atoms with van der Waals surface area (Å²) in [6.07, 6.45) is 5.85. The van der Waals surface area contributed by atoms with Crippen LogP contribution in [0.4, 0.5) is 22.0 Å². The van der Waals surface area contributed by atoms with Gasteiger partial charge in [0, 0.05) is 10.9 Å². The molecule has 1 saturated carbocycles. The molecule has 1 nitrogen and oxygen atoms in total. The maximum atomic E-state index is 15.2. The van der Waals surface area contributed by atoms with Crippen molar-refractivity contribution in [1.29, 1.82) is 0 Å². The first-order chi connectivity index (χ1) is 14.9. The van der Waals surface area contributed by atoms with E-state index in [9.17, 15) is 17.6 Å². The molecule has 3 aromatic rings. The summed E-state index contributed by atoms with van der Waals surface area (Å²) in [5.74, 6) is -3.17. The van der Waals surface area contributed by atoms with E-state index in [1.807, 2.05) is 12.1 Å². The van der Waals surface area contributed by atoms with E-state index in [2.05, 4.69) is 11.7 Å². The Kier molecular flexibility index (Phi) is 6.17. The molecule has 1 fully saturated rings. The Hall–Kier alpha value is -2.63. The summed E-state index contributed by atoms with van der Waals surface area (Å²) in [5, 5.41) is 1.06. The van der Waals surface area contributed by atoms with Gasteiger partial charge in [0.25, 0.3) is 0 Å². The highest BCUT2D eigenvalue weighted by molar-refractivity contribution is 5.89. The van der Waals surface area contributed by atoms with Crippen molar-refractivity contribution in [3.05, 3.63) is 65.5 Å². The fourth-order valence-electron chi connectivity index (χ4n) is 4.61. The van der Waals surface area contributed by atoms with Gasteiger partial charge in [-0.25, -0.2) is 13.2 Å². The zero-order valence-corrected chi connectivity index (χ0v) is 17.1. The molecular weight excluding hydrogens is 411 g/mol. The molecule has 1 aliphatic rings. The smallest absolute Gasteiger partial charge is 0.387 e. The number of benzene rings is 3. The molecule has 0 aromatic heterocycles. The number of alkyl halides is 2. The van der Waals surface area contributed by atoms with Crippen molar-refractivity contribution < 1.29 is 26.7 Å². The van der Waals surface area contributed by atoms with E-state index in [1.54, 1.807) is 12.1 Å². The fourth-order valence-corrected chi connectivity index (χ4v) is 4.61. The van der Waals surface area contributed by atoms with Gasteiger partial charge in [-0.15, -0.1) is 0 Å². The molecule has 6 heteroatoms. The molecule has 0 radical (unpaired) electrons. The average Bonchev–Trinajstić information content (AvgIpc) is 2.76. The molecule has 4 rings (SSSR count). The SMILES string of the molecule is CCC1CCC(c2ccc3c(F)c(-c4cc(F)c(OC(F)F)c(F)c4)ccc3c2)CC1. The Balaban J connectivity index is 1.66. The van der Waals surface area contributed by atoms with Crippen LogP contribution in [0, 0.1) is 23.4 Å². The molecule has 1 aliphatic carbocycles. The zero-order valence-electron chi connectivity index (χ0n) is 17.1. The molecule has 0 heterocycles. The fraction of sp³-hybridized carbons (Fsp3) is 0.360. The lowest BCUT2D eigenvalue weighted by molar-refractivity contribution is -0.0546. The van der Waals surface area contributed by atoms with Crippen LogP contribution in [0.2, 0.25) is 0 Å². The third-order valence-electron chi connectivity index (χ3n) is 6.39. The van der Waals surface area contributed by atoms with Gasteiger partial charge in [0.2, 0.25) is 0 Å². The number of hydrogen-bond acceptors (Lipinski definition) is 1. The first kappa shape index (κ1) is 21.6. The van der Waals surface area contributed by atoms with Gasteiger partial charge in [-0.1, -0.05) is 43.7 Å². The molecule has 0 atom stereocenters. The van der Waals surface area contributed by atoms with Gasteiger partial charge in [0.05, 0.1) is 0 Å². The van der Waals surface area contributed by atoms with Gasteiger partial charge < -0.3 is 4.74 Å². The molecule has 0 aliphatic heterocycles. The standard InChI is InChI=1S/C25H23F5O/c1-2-14-3-5-15(6-4-14)16-7-9-19-17(11-16)8-10-20(23(19)28)18-12-21(26)24(22(27)13-18)31-25(29)30/h7-15,25H,2-6H2,1H3. The first-order valence-electron chi connectivity index (χ1n) is 10.5. The predicted molar refractivity (Wildman–Crippen MR) is 111 cm³/mol. The minimum atomic E-state index is -3.36. The van der Waals surface area contributed by atoms with Gasteiger partial charge in [0.1, 0.15) is 5.82 Å². The normalized spacial score (nSPS) is 19.2. The van der Waals surface area contributed by atoms with Gasteiger partial charge in [-0.3, -0.25) is 0 Å². The number of fused-ring (bicyclic) bond motifs is 1. The second-order valence-corrected chi connectivity index (χ2v) is 8.18. The minimum Gasteiger partial charge on any atom is -0.429 e. The van der Waals surface area contributed by atoms with Crippen LogP contribution in [0.1, 0.15) is 50.5 Å². The molecule has 0 unspecified atom stereocenters. The monoisotopic (exact) mass is 434 g/mol. The van der Waals surface area contributed by atoms with E-state index in [-0.39, 0.29) is 11.1 Å². The van der Waals surface area contributed by atoms with Crippen LogP contribution >= 0.6 is 0 Å². The number of rotatable bonds is 5. The Bertz CT molecular complexity index is 1060. The van der Waals surface area contributed by atoms with Crippen LogP contribution in [0.15, 0.2) is 42.5 Å². The summed E-state index contributed by atoms with van der Waals surface area (Å²) in [6, 6.07) is 10.4. The van der Waals surface area contributed by atoms with Gasteiger partial charge in [-0.05, 0) is 66.2 Å². The van der Waals surface area contributed by atoms with Crippen molar-refractivity contribution in [3.63, 3.8) is 0 Å². The predicted octanol–water partition coefficient (Wildman–Crippen LogP) is 8.21. The molecule has 164 valence electrons.